The van der Waals surface area contributed by atoms with Crippen molar-refractivity contribution in [2.45, 2.75) is 64.8 Å². The van der Waals surface area contributed by atoms with Crippen LogP contribution in [0.15, 0.2) is 12.7 Å². The molecule has 4 unspecified atom stereocenters. The van der Waals surface area contributed by atoms with Crippen molar-refractivity contribution in [1.29, 1.82) is 0 Å². The highest BCUT2D eigenvalue weighted by atomic mass is 16.7. The van der Waals surface area contributed by atoms with Gasteiger partial charge in [-0.1, -0.05) is 26.3 Å². The molecule has 0 heterocycles. The molecule has 0 aromatic heterocycles. The summed E-state index contributed by atoms with van der Waals surface area (Å²) < 4.78 is 11.2. The quantitative estimate of drug-likeness (QED) is 0.432. The Hall–Kier alpha value is -0.830. The van der Waals surface area contributed by atoms with E-state index in [1.807, 2.05) is 6.92 Å². The molecule has 2 aliphatic rings. The molecule has 2 bridgehead atoms. The first-order valence-electron chi connectivity index (χ1n) is 7.62. The van der Waals surface area contributed by atoms with Crippen molar-refractivity contribution in [3.63, 3.8) is 0 Å². The van der Waals surface area contributed by atoms with Crippen molar-refractivity contribution >= 4 is 5.97 Å². The van der Waals surface area contributed by atoms with Gasteiger partial charge in [-0.25, -0.2) is 4.79 Å². The highest BCUT2D eigenvalue weighted by Gasteiger charge is 2.41. The second-order valence-corrected chi connectivity index (χ2v) is 6.01. The predicted octanol–water partition coefficient (Wildman–Crippen LogP) is 3.68. The van der Waals surface area contributed by atoms with Crippen LogP contribution in [0, 0.1) is 17.8 Å². The molecule has 0 amide bonds. The zero-order valence-electron chi connectivity index (χ0n) is 12.1. The molecule has 0 radical (unpaired) electrons. The summed E-state index contributed by atoms with van der Waals surface area (Å²) >= 11 is 0. The van der Waals surface area contributed by atoms with Crippen LogP contribution in [0.4, 0.5) is 0 Å². The Morgan fingerprint density at radius 3 is 2.53 bits per heavy atom. The van der Waals surface area contributed by atoms with E-state index in [2.05, 4.69) is 13.5 Å². The largest absolute Gasteiger partial charge is 0.433 e. The molecule has 0 spiro atoms. The van der Waals surface area contributed by atoms with Crippen LogP contribution in [0.1, 0.15) is 52.4 Å². The smallest absolute Gasteiger partial charge is 0.332 e. The maximum Gasteiger partial charge on any atom is 0.332 e. The molecule has 2 rings (SSSR count). The highest BCUT2D eigenvalue weighted by Crippen LogP contribution is 2.45. The van der Waals surface area contributed by atoms with Gasteiger partial charge in [-0.05, 0) is 50.4 Å². The number of rotatable bonds is 5. The van der Waals surface area contributed by atoms with E-state index in [0.717, 1.165) is 5.92 Å². The van der Waals surface area contributed by atoms with E-state index in [4.69, 9.17) is 9.47 Å². The van der Waals surface area contributed by atoms with Gasteiger partial charge in [-0.3, -0.25) is 0 Å². The summed E-state index contributed by atoms with van der Waals surface area (Å²) in [5.41, 5.74) is 0. The number of hydrogen-bond acceptors (Lipinski definition) is 3. The van der Waals surface area contributed by atoms with Crippen molar-refractivity contribution < 1.29 is 14.3 Å². The van der Waals surface area contributed by atoms with Crippen molar-refractivity contribution in [2.24, 2.45) is 17.8 Å². The first kappa shape index (κ1) is 14.6. The van der Waals surface area contributed by atoms with Gasteiger partial charge in [0.2, 0.25) is 6.29 Å². The van der Waals surface area contributed by atoms with Crippen LogP contribution in [0.3, 0.4) is 0 Å². The Morgan fingerprint density at radius 1 is 1.37 bits per heavy atom. The summed E-state index contributed by atoms with van der Waals surface area (Å²) in [5.74, 6) is 1.77. The molecule has 0 aromatic carbocycles. The van der Waals surface area contributed by atoms with E-state index in [0.29, 0.717) is 11.8 Å². The lowest BCUT2D eigenvalue weighted by Gasteiger charge is -2.46. The van der Waals surface area contributed by atoms with Crippen LogP contribution >= 0.6 is 0 Å². The zero-order chi connectivity index (χ0) is 13.8. The average molecular weight is 266 g/mol. The third-order valence-corrected chi connectivity index (χ3v) is 4.73. The first-order chi connectivity index (χ1) is 9.13. The van der Waals surface area contributed by atoms with Crippen LogP contribution in [0.2, 0.25) is 0 Å². The molecule has 0 N–H and O–H groups in total. The number of esters is 1. The third-order valence-electron chi connectivity index (χ3n) is 4.73. The van der Waals surface area contributed by atoms with Crippen LogP contribution < -0.4 is 0 Å². The highest BCUT2D eigenvalue weighted by molar-refractivity contribution is 5.81. The summed E-state index contributed by atoms with van der Waals surface area (Å²) in [5, 5.41) is 0. The van der Waals surface area contributed by atoms with Gasteiger partial charge < -0.3 is 9.47 Å². The lowest BCUT2D eigenvalue weighted by molar-refractivity contribution is -0.204. The number of carbonyl (C=O) groups is 1. The zero-order valence-corrected chi connectivity index (χ0v) is 12.1. The number of fused-ring (bicyclic) bond motifs is 2. The van der Waals surface area contributed by atoms with Gasteiger partial charge in [-0.15, -0.1) is 0 Å². The Morgan fingerprint density at radius 2 is 2.00 bits per heavy atom. The predicted molar refractivity (Wildman–Crippen MR) is 74.5 cm³/mol. The van der Waals surface area contributed by atoms with Gasteiger partial charge in [0.1, 0.15) is 0 Å². The SMILES string of the molecule is C=CC(=O)OC(C)OC1C2CCC[C@@H]1CC(CC)C2. The lowest BCUT2D eigenvalue weighted by atomic mass is 9.65. The summed E-state index contributed by atoms with van der Waals surface area (Å²) in [6.45, 7) is 7.50. The Balaban J connectivity index is 1.92. The van der Waals surface area contributed by atoms with E-state index in [1.54, 1.807) is 0 Å². The minimum absolute atomic E-state index is 0.282. The number of hydrogen-bond donors (Lipinski definition) is 0. The molecule has 3 heteroatoms. The van der Waals surface area contributed by atoms with Gasteiger partial charge >= 0.3 is 5.97 Å². The molecule has 5 atom stereocenters. The Kier molecular flexibility index (Phi) is 5.03. The molecule has 19 heavy (non-hydrogen) atoms. The molecular weight excluding hydrogens is 240 g/mol. The van der Waals surface area contributed by atoms with E-state index in [-0.39, 0.29) is 6.10 Å². The van der Waals surface area contributed by atoms with Crippen molar-refractivity contribution in [1.82, 2.24) is 0 Å². The number of carbonyl (C=O) groups excluding carboxylic acids is 1. The number of ether oxygens (including phenoxy) is 2. The second kappa shape index (κ2) is 6.56. The van der Waals surface area contributed by atoms with E-state index >= 15 is 0 Å². The van der Waals surface area contributed by atoms with Crippen LogP contribution in [-0.2, 0) is 14.3 Å². The molecule has 0 aromatic rings. The van der Waals surface area contributed by atoms with E-state index < -0.39 is 12.3 Å². The maximum absolute atomic E-state index is 11.2. The van der Waals surface area contributed by atoms with Gasteiger partial charge in [0, 0.05) is 6.08 Å². The summed E-state index contributed by atoms with van der Waals surface area (Å²) in [4.78, 5) is 11.2. The molecular formula is C16H26O3. The minimum Gasteiger partial charge on any atom is -0.433 e. The molecule has 2 fully saturated rings. The fraction of sp³-hybridized carbons (Fsp3) is 0.812. The summed E-state index contributed by atoms with van der Waals surface area (Å²) in [7, 11) is 0. The summed E-state index contributed by atoms with van der Waals surface area (Å²) in [6, 6.07) is 0. The van der Waals surface area contributed by atoms with Gasteiger partial charge in [0.25, 0.3) is 0 Å². The van der Waals surface area contributed by atoms with Gasteiger partial charge in [0.05, 0.1) is 6.10 Å². The Bertz CT molecular complexity index is 312. The molecule has 0 aliphatic heterocycles. The van der Waals surface area contributed by atoms with Gasteiger partial charge in [0.15, 0.2) is 0 Å². The van der Waals surface area contributed by atoms with Crippen LogP contribution in [0.25, 0.3) is 0 Å². The van der Waals surface area contributed by atoms with Crippen molar-refractivity contribution in [2.75, 3.05) is 0 Å². The third kappa shape index (κ3) is 3.59. The summed E-state index contributed by atoms with van der Waals surface area (Å²) in [6.07, 6.45) is 8.70. The van der Waals surface area contributed by atoms with Crippen molar-refractivity contribution in [3.8, 4) is 0 Å². The maximum atomic E-state index is 11.2. The monoisotopic (exact) mass is 266 g/mol. The van der Waals surface area contributed by atoms with Crippen LogP contribution in [0.5, 0.6) is 0 Å². The second-order valence-electron chi connectivity index (χ2n) is 6.01. The Labute approximate surface area is 116 Å². The minimum atomic E-state index is -0.461. The standard InChI is InChI=1S/C16H26O3/c1-4-12-9-13-7-6-8-14(10-12)16(13)19-11(3)18-15(17)5-2/h5,11-14,16H,2,4,6-10H2,1,3H3/t11?,12?,13-,14?,16?/m1/s1. The van der Waals surface area contributed by atoms with Crippen LogP contribution in [-0.4, -0.2) is 18.4 Å². The van der Waals surface area contributed by atoms with E-state index in [9.17, 15) is 4.79 Å². The molecule has 3 nitrogen and oxygen atoms in total. The van der Waals surface area contributed by atoms with E-state index in [1.165, 1.54) is 44.6 Å². The molecule has 108 valence electrons. The average Bonchev–Trinajstić information content (AvgIpc) is 2.38. The molecule has 2 aliphatic carbocycles. The lowest BCUT2D eigenvalue weighted by Crippen LogP contribution is -2.44. The topological polar surface area (TPSA) is 35.5 Å². The fourth-order valence-corrected chi connectivity index (χ4v) is 3.83. The fourth-order valence-electron chi connectivity index (χ4n) is 3.83. The van der Waals surface area contributed by atoms with Crippen molar-refractivity contribution in [3.05, 3.63) is 12.7 Å². The van der Waals surface area contributed by atoms with Gasteiger partial charge in [-0.2, -0.15) is 0 Å². The first-order valence-corrected chi connectivity index (χ1v) is 7.62. The molecule has 0 saturated heterocycles. The normalized spacial score (nSPS) is 35.5. The molecule has 2 saturated carbocycles.